The number of nitrogens with zero attached hydrogens (tertiary/aromatic N) is 1. The third-order valence-electron chi connectivity index (χ3n) is 5.25. The van der Waals surface area contributed by atoms with Crippen molar-refractivity contribution in [2.75, 3.05) is 46.2 Å². The van der Waals surface area contributed by atoms with E-state index in [1.807, 2.05) is 12.1 Å². The summed E-state index contributed by atoms with van der Waals surface area (Å²) in [5.41, 5.74) is 1.25. The molecule has 0 bridgehead atoms. The Balaban J connectivity index is 1.64. The highest BCUT2D eigenvalue weighted by Crippen LogP contribution is 2.21. The number of benzene rings is 1. The summed E-state index contributed by atoms with van der Waals surface area (Å²) in [6.07, 6.45) is 3.97. The molecule has 2 rings (SSSR count). The van der Waals surface area contributed by atoms with E-state index in [0.717, 1.165) is 38.0 Å². The molecule has 0 amide bonds. The van der Waals surface area contributed by atoms with Crippen molar-refractivity contribution in [3.63, 3.8) is 0 Å². The quantitative estimate of drug-likeness (QED) is 0.359. The molecule has 1 fully saturated rings. The largest absolute Gasteiger partial charge is 0.497 e. The van der Waals surface area contributed by atoms with Gasteiger partial charge < -0.3 is 20.1 Å². The predicted octanol–water partition coefficient (Wildman–Crippen LogP) is 1.84. The monoisotopic (exact) mass is 440 g/mol. The van der Waals surface area contributed by atoms with Crippen LogP contribution in [0.15, 0.2) is 29.3 Å². The zero-order valence-electron chi connectivity index (χ0n) is 18.3. The van der Waals surface area contributed by atoms with Crippen LogP contribution in [-0.2, 0) is 14.8 Å². The van der Waals surface area contributed by atoms with Gasteiger partial charge in [-0.1, -0.05) is 19.1 Å². The van der Waals surface area contributed by atoms with Gasteiger partial charge in [0.15, 0.2) is 5.96 Å². The minimum Gasteiger partial charge on any atom is -0.497 e. The zero-order valence-corrected chi connectivity index (χ0v) is 19.1. The van der Waals surface area contributed by atoms with E-state index in [9.17, 15) is 8.42 Å². The van der Waals surface area contributed by atoms with Gasteiger partial charge in [0.2, 0.25) is 10.0 Å². The van der Waals surface area contributed by atoms with Gasteiger partial charge >= 0.3 is 0 Å². The summed E-state index contributed by atoms with van der Waals surface area (Å²) in [6, 6.07) is 8.09. The number of rotatable bonds is 11. The molecular weight excluding hydrogens is 404 g/mol. The molecule has 0 aromatic heterocycles. The molecule has 3 N–H and O–H groups in total. The molecule has 8 nitrogen and oxygen atoms in total. The molecule has 0 radical (unpaired) electrons. The van der Waals surface area contributed by atoms with Crippen LogP contribution >= 0.6 is 0 Å². The van der Waals surface area contributed by atoms with Crippen LogP contribution in [0.25, 0.3) is 0 Å². The van der Waals surface area contributed by atoms with E-state index in [1.165, 1.54) is 5.56 Å². The Hall–Kier alpha value is -1.84. The van der Waals surface area contributed by atoms with Crippen LogP contribution in [0.1, 0.15) is 44.1 Å². The molecule has 0 saturated carbocycles. The van der Waals surface area contributed by atoms with Gasteiger partial charge in [0.25, 0.3) is 0 Å². The molecule has 2 atom stereocenters. The number of guanidine groups is 1. The number of ether oxygens (including phenoxy) is 2. The SMILES string of the molecule is CN=C(NCCC(C)c1ccc(OC)cc1)NCCS(=O)(=O)NCC1CCCCO1. The van der Waals surface area contributed by atoms with Crippen molar-refractivity contribution >= 4 is 16.0 Å². The van der Waals surface area contributed by atoms with E-state index in [1.54, 1.807) is 14.2 Å². The second-order valence-electron chi connectivity index (χ2n) is 7.54. The highest BCUT2D eigenvalue weighted by molar-refractivity contribution is 7.89. The van der Waals surface area contributed by atoms with Crippen molar-refractivity contribution in [3.05, 3.63) is 29.8 Å². The first-order valence-electron chi connectivity index (χ1n) is 10.6. The molecule has 2 unspecified atom stereocenters. The van der Waals surface area contributed by atoms with Crippen LogP contribution in [0.5, 0.6) is 5.75 Å². The van der Waals surface area contributed by atoms with Crippen molar-refractivity contribution < 1.29 is 17.9 Å². The number of aliphatic imine (C=N–C) groups is 1. The van der Waals surface area contributed by atoms with E-state index in [-0.39, 0.29) is 18.4 Å². The van der Waals surface area contributed by atoms with Crippen LogP contribution < -0.4 is 20.1 Å². The average Bonchev–Trinajstić information content (AvgIpc) is 2.77. The summed E-state index contributed by atoms with van der Waals surface area (Å²) in [7, 11) is -0.00994. The fourth-order valence-corrected chi connectivity index (χ4v) is 4.25. The molecule has 0 aliphatic carbocycles. The molecule has 1 heterocycles. The van der Waals surface area contributed by atoms with Gasteiger partial charge in [-0.3, -0.25) is 4.99 Å². The lowest BCUT2D eigenvalue weighted by atomic mass is 9.98. The number of sulfonamides is 1. The topological polar surface area (TPSA) is 101 Å². The first-order chi connectivity index (χ1) is 14.4. The lowest BCUT2D eigenvalue weighted by molar-refractivity contribution is 0.0200. The fraction of sp³-hybridized carbons (Fsp3) is 0.667. The van der Waals surface area contributed by atoms with Gasteiger partial charge in [0.1, 0.15) is 5.75 Å². The standard InChI is InChI=1S/C21H36N4O4S/c1-17(18-7-9-19(28-3)10-8-18)11-12-23-21(22-2)24-13-15-30(26,27)25-16-20-6-4-5-14-29-20/h7-10,17,20,25H,4-6,11-16H2,1-3H3,(H2,22,23,24). The van der Waals surface area contributed by atoms with Crippen molar-refractivity contribution in [3.8, 4) is 5.75 Å². The third-order valence-corrected chi connectivity index (χ3v) is 6.59. The number of hydrogen-bond acceptors (Lipinski definition) is 5. The highest BCUT2D eigenvalue weighted by Gasteiger charge is 2.17. The summed E-state index contributed by atoms with van der Waals surface area (Å²) in [5.74, 6) is 1.82. The van der Waals surface area contributed by atoms with Crippen molar-refractivity contribution in [1.29, 1.82) is 0 Å². The Bertz CT molecular complexity index is 747. The Kier molecular flexibility index (Phi) is 10.4. The Morgan fingerprint density at radius 2 is 1.97 bits per heavy atom. The van der Waals surface area contributed by atoms with Crippen LogP contribution in [0.4, 0.5) is 0 Å². The van der Waals surface area contributed by atoms with E-state index < -0.39 is 10.0 Å². The Morgan fingerprint density at radius 3 is 2.60 bits per heavy atom. The fourth-order valence-electron chi connectivity index (χ4n) is 3.29. The van der Waals surface area contributed by atoms with Gasteiger partial charge in [-0.2, -0.15) is 0 Å². The van der Waals surface area contributed by atoms with Crippen LogP contribution in [0.3, 0.4) is 0 Å². The van der Waals surface area contributed by atoms with E-state index in [0.29, 0.717) is 25.0 Å². The minimum absolute atomic E-state index is 0.0105. The van der Waals surface area contributed by atoms with Gasteiger partial charge in [-0.15, -0.1) is 0 Å². The van der Waals surface area contributed by atoms with Gasteiger partial charge in [0.05, 0.1) is 19.0 Å². The first-order valence-corrected chi connectivity index (χ1v) is 12.3. The molecular formula is C21H36N4O4S. The molecule has 0 spiro atoms. The normalized spacial score (nSPS) is 18.6. The van der Waals surface area contributed by atoms with Crippen molar-refractivity contribution in [2.45, 2.75) is 44.6 Å². The van der Waals surface area contributed by atoms with E-state index in [4.69, 9.17) is 9.47 Å². The summed E-state index contributed by atoms with van der Waals surface area (Å²) < 4.78 is 37.7. The smallest absolute Gasteiger partial charge is 0.213 e. The lowest BCUT2D eigenvalue weighted by Crippen LogP contribution is -2.42. The second kappa shape index (κ2) is 12.8. The van der Waals surface area contributed by atoms with Crippen LogP contribution in [0, 0.1) is 0 Å². The Morgan fingerprint density at radius 1 is 1.23 bits per heavy atom. The summed E-state index contributed by atoms with van der Waals surface area (Å²) >= 11 is 0. The number of hydrogen-bond donors (Lipinski definition) is 3. The van der Waals surface area contributed by atoms with Crippen molar-refractivity contribution in [1.82, 2.24) is 15.4 Å². The van der Waals surface area contributed by atoms with E-state index in [2.05, 4.69) is 39.4 Å². The van der Waals surface area contributed by atoms with Gasteiger partial charge in [-0.25, -0.2) is 13.1 Å². The molecule has 170 valence electrons. The number of methoxy groups -OCH3 is 1. The Labute approximate surface area is 180 Å². The maximum atomic E-state index is 12.2. The van der Waals surface area contributed by atoms with Crippen molar-refractivity contribution in [2.24, 2.45) is 4.99 Å². The first kappa shape index (κ1) is 24.4. The minimum atomic E-state index is -3.35. The summed E-state index contributed by atoms with van der Waals surface area (Å²) in [5, 5.41) is 6.31. The highest BCUT2D eigenvalue weighted by atomic mass is 32.2. The molecule has 1 aromatic carbocycles. The lowest BCUT2D eigenvalue weighted by Gasteiger charge is -2.22. The number of nitrogens with one attached hydrogen (secondary N) is 3. The maximum Gasteiger partial charge on any atom is 0.213 e. The van der Waals surface area contributed by atoms with Gasteiger partial charge in [0, 0.05) is 33.3 Å². The predicted molar refractivity (Wildman–Crippen MR) is 121 cm³/mol. The maximum absolute atomic E-state index is 12.2. The molecule has 9 heteroatoms. The summed E-state index contributed by atoms with van der Waals surface area (Å²) in [4.78, 5) is 4.16. The van der Waals surface area contributed by atoms with Gasteiger partial charge in [-0.05, 0) is 49.3 Å². The molecule has 1 aliphatic rings. The second-order valence-corrected chi connectivity index (χ2v) is 9.47. The molecule has 30 heavy (non-hydrogen) atoms. The summed E-state index contributed by atoms with van der Waals surface area (Å²) in [6.45, 7) is 4.25. The molecule has 1 aliphatic heterocycles. The molecule has 1 aromatic rings. The molecule has 1 saturated heterocycles. The zero-order chi connectivity index (χ0) is 21.8. The van der Waals surface area contributed by atoms with E-state index >= 15 is 0 Å². The average molecular weight is 441 g/mol. The van der Waals surface area contributed by atoms with Crippen LogP contribution in [-0.4, -0.2) is 66.6 Å². The third kappa shape index (κ3) is 8.89. The van der Waals surface area contributed by atoms with Crippen LogP contribution in [0.2, 0.25) is 0 Å².